The van der Waals surface area contributed by atoms with Crippen molar-refractivity contribution in [3.8, 4) is 0 Å². The maximum Gasteiger partial charge on any atom is 0.306 e. The zero-order valence-electron chi connectivity index (χ0n) is 37.3. The van der Waals surface area contributed by atoms with Gasteiger partial charge in [0.1, 0.15) is 12.6 Å². The first kappa shape index (κ1) is 53.8. The fraction of sp³-hybridized carbons (Fsp3) is 0.854. The Morgan fingerprint density at radius 3 is 1.46 bits per heavy atom. The molecule has 2 atom stereocenters. The van der Waals surface area contributed by atoms with E-state index in [9.17, 15) is 19.5 Å². The molecule has 0 amide bonds. The first-order valence-electron chi connectivity index (χ1n) is 23.4. The van der Waals surface area contributed by atoms with Crippen LogP contribution in [0.15, 0.2) is 24.3 Å². The van der Waals surface area contributed by atoms with E-state index in [0.717, 1.165) is 51.4 Å². The lowest BCUT2D eigenvalue weighted by molar-refractivity contribution is -0.889. The van der Waals surface area contributed by atoms with Gasteiger partial charge in [-0.3, -0.25) is 9.59 Å². The number of likely N-dealkylation sites (N-methyl/N-ethyl adjacent to an activating group) is 1. The SMILES string of the molecule is CC/C=C/C/C=C/CCCCCCCCCCCCCCCCC(=O)OCC(COCCC(C(=O)[O-])[N+](C)(C)C)OC(=O)CCCCCCCCCCCCC. The molecule has 56 heavy (non-hydrogen) atoms. The lowest BCUT2D eigenvalue weighted by atomic mass is 10.0. The molecule has 8 heteroatoms. The van der Waals surface area contributed by atoms with Crippen LogP contribution in [-0.4, -0.2) is 75.5 Å². The number of ether oxygens (including phenoxy) is 3. The lowest BCUT2D eigenvalue weighted by Gasteiger charge is -2.34. The largest absolute Gasteiger partial charge is 0.544 e. The van der Waals surface area contributed by atoms with Crippen molar-refractivity contribution in [1.82, 2.24) is 0 Å². The summed E-state index contributed by atoms with van der Waals surface area (Å²) in [6.07, 6.45) is 43.5. The number of carboxylic acids is 1. The van der Waals surface area contributed by atoms with Gasteiger partial charge in [-0.15, -0.1) is 0 Å². The van der Waals surface area contributed by atoms with Crippen LogP contribution >= 0.6 is 0 Å². The minimum atomic E-state index is -1.12. The number of carboxylic acid groups (broad SMARTS) is 1. The quantitative estimate of drug-likeness (QED) is 0.0262. The van der Waals surface area contributed by atoms with Crippen LogP contribution in [0.4, 0.5) is 0 Å². The first-order chi connectivity index (χ1) is 27.1. The molecule has 0 radical (unpaired) electrons. The first-order valence-corrected chi connectivity index (χ1v) is 23.4. The number of unbranched alkanes of at least 4 members (excludes halogenated alkanes) is 24. The number of allylic oxidation sites excluding steroid dienone is 4. The molecule has 0 N–H and O–H groups in total. The zero-order valence-corrected chi connectivity index (χ0v) is 37.3. The molecule has 8 nitrogen and oxygen atoms in total. The van der Waals surface area contributed by atoms with E-state index >= 15 is 0 Å². The van der Waals surface area contributed by atoms with Gasteiger partial charge in [-0.1, -0.05) is 179 Å². The number of esters is 2. The second-order valence-electron chi connectivity index (χ2n) is 17.0. The molecule has 0 aliphatic carbocycles. The Hall–Kier alpha value is -2.19. The average molecular weight is 792 g/mol. The number of carbonyl (C=O) groups is 3. The van der Waals surface area contributed by atoms with Crippen LogP contribution in [-0.2, 0) is 28.6 Å². The standard InChI is InChI=1S/C48H89NO7/c1-6-8-10-12-14-16-18-19-20-21-22-23-24-25-26-27-29-30-32-34-36-38-46(50)55-43-44(42-54-41-40-45(48(52)53)49(3,4)5)56-47(51)39-37-35-33-31-28-17-15-13-11-9-7-2/h8,10,14,16,44-45H,6-7,9,11-13,15,17-43H2,1-5H3/b10-8+,16-14+. The van der Waals surface area contributed by atoms with E-state index in [4.69, 9.17) is 14.2 Å². The molecule has 0 saturated carbocycles. The maximum atomic E-state index is 12.7. The van der Waals surface area contributed by atoms with Crippen molar-refractivity contribution in [3.63, 3.8) is 0 Å². The molecule has 0 aliphatic heterocycles. The Kier molecular flexibility index (Phi) is 38.1. The number of nitrogens with zero attached hydrogens (tertiary/aromatic N) is 1. The van der Waals surface area contributed by atoms with E-state index in [0.29, 0.717) is 12.8 Å². The van der Waals surface area contributed by atoms with Crippen molar-refractivity contribution in [3.05, 3.63) is 24.3 Å². The number of hydrogen-bond donors (Lipinski definition) is 0. The lowest BCUT2D eigenvalue weighted by Crippen LogP contribution is -2.55. The molecule has 0 aromatic rings. The van der Waals surface area contributed by atoms with Gasteiger partial charge >= 0.3 is 11.9 Å². The van der Waals surface area contributed by atoms with E-state index in [1.165, 1.54) is 128 Å². The Morgan fingerprint density at radius 1 is 0.554 bits per heavy atom. The van der Waals surface area contributed by atoms with Crippen LogP contribution in [0.2, 0.25) is 0 Å². The normalized spacial score (nSPS) is 13.1. The molecule has 0 spiro atoms. The van der Waals surface area contributed by atoms with Crippen LogP contribution in [0, 0.1) is 0 Å². The Bertz CT molecular complexity index is 973. The minimum Gasteiger partial charge on any atom is -0.544 e. The maximum absolute atomic E-state index is 12.7. The predicted octanol–water partition coefficient (Wildman–Crippen LogP) is 11.5. The Balaban J connectivity index is 4.18. The van der Waals surface area contributed by atoms with Crippen molar-refractivity contribution in [2.45, 2.75) is 225 Å². The predicted molar refractivity (Wildman–Crippen MR) is 231 cm³/mol. The Morgan fingerprint density at radius 2 is 1.00 bits per heavy atom. The molecule has 0 saturated heterocycles. The van der Waals surface area contributed by atoms with Gasteiger partial charge in [0, 0.05) is 19.3 Å². The van der Waals surface area contributed by atoms with Gasteiger partial charge in [0.2, 0.25) is 0 Å². The van der Waals surface area contributed by atoms with Gasteiger partial charge in [-0.05, 0) is 38.5 Å². The van der Waals surface area contributed by atoms with Gasteiger partial charge in [-0.2, -0.15) is 0 Å². The van der Waals surface area contributed by atoms with E-state index in [1.54, 1.807) is 21.1 Å². The highest BCUT2D eigenvalue weighted by molar-refractivity contribution is 5.70. The molecule has 2 unspecified atom stereocenters. The van der Waals surface area contributed by atoms with E-state index < -0.39 is 18.1 Å². The van der Waals surface area contributed by atoms with Gasteiger partial charge in [0.05, 0.1) is 40.3 Å². The molecule has 0 aromatic heterocycles. The van der Waals surface area contributed by atoms with Gasteiger partial charge < -0.3 is 28.6 Å². The summed E-state index contributed by atoms with van der Waals surface area (Å²) in [7, 11) is 5.41. The van der Waals surface area contributed by atoms with Crippen LogP contribution in [0.1, 0.15) is 213 Å². The molecular weight excluding hydrogens is 703 g/mol. The summed E-state index contributed by atoms with van der Waals surface area (Å²) in [4.78, 5) is 36.8. The van der Waals surface area contributed by atoms with Crippen molar-refractivity contribution in [2.24, 2.45) is 0 Å². The highest BCUT2D eigenvalue weighted by Crippen LogP contribution is 2.16. The molecule has 0 rings (SSSR count). The highest BCUT2D eigenvalue weighted by atomic mass is 16.6. The molecular formula is C48H89NO7. The van der Waals surface area contributed by atoms with Gasteiger partial charge in [0.15, 0.2) is 6.10 Å². The van der Waals surface area contributed by atoms with E-state index in [1.807, 2.05) is 0 Å². The topological polar surface area (TPSA) is 102 Å². The third-order valence-electron chi connectivity index (χ3n) is 10.6. The summed E-state index contributed by atoms with van der Waals surface area (Å²) in [5.74, 6) is -1.72. The number of rotatable bonds is 42. The molecule has 0 fully saturated rings. The fourth-order valence-electron chi connectivity index (χ4n) is 6.99. The second-order valence-corrected chi connectivity index (χ2v) is 17.0. The summed E-state index contributed by atoms with van der Waals surface area (Å²) in [6.45, 7) is 4.57. The highest BCUT2D eigenvalue weighted by Gasteiger charge is 2.25. The van der Waals surface area contributed by atoms with Crippen LogP contribution in [0.5, 0.6) is 0 Å². The molecule has 328 valence electrons. The summed E-state index contributed by atoms with van der Waals surface area (Å²) >= 11 is 0. The summed E-state index contributed by atoms with van der Waals surface area (Å²) in [5.41, 5.74) is 0. The van der Waals surface area contributed by atoms with Crippen LogP contribution in [0.25, 0.3) is 0 Å². The summed E-state index contributed by atoms with van der Waals surface area (Å²) in [6, 6.07) is -0.721. The second kappa shape index (κ2) is 39.6. The average Bonchev–Trinajstić information content (AvgIpc) is 3.15. The molecule has 0 aliphatic rings. The van der Waals surface area contributed by atoms with Crippen molar-refractivity contribution < 1.29 is 38.2 Å². The van der Waals surface area contributed by atoms with Crippen molar-refractivity contribution in [1.29, 1.82) is 0 Å². The molecule has 0 aromatic carbocycles. The van der Waals surface area contributed by atoms with E-state index in [-0.39, 0.29) is 42.7 Å². The van der Waals surface area contributed by atoms with Crippen LogP contribution in [0.3, 0.4) is 0 Å². The monoisotopic (exact) mass is 792 g/mol. The van der Waals surface area contributed by atoms with Crippen molar-refractivity contribution in [2.75, 3.05) is 41.0 Å². The van der Waals surface area contributed by atoms with E-state index in [2.05, 4.69) is 38.2 Å². The van der Waals surface area contributed by atoms with Crippen molar-refractivity contribution >= 4 is 17.9 Å². The van der Waals surface area contributed by atoms with Gasteiger partial charge in [-0.25, -0.2) is 0 Å². The fourth-order valence-corrected chi connectivity index (χ4v) is 6.99. The number of hydrogen-bond acceptors (Lipinski definition) is 7. The van der Waals surface area contributed by atoms with Crippen LogP contribution < -0.4 is 5.11 Å². The number of carbonyl (C=O) groups excluding carboxylic acids is 3. The number of aliphatic carboxylic acids is 1. The Labute approximate surface area is 345 Å². The zero-order chi connectivity index (χ0) is 41.4. The summed E-state index contributed by atoms with van der Waals surface area (Å²) in [5, 5.41) is 11.6. The smallest absolute Gasteiger partial charge is 0.306 e. The third kappa shape index (κ3) is 37.4. The summed E-state index contributed by atoms with van der Waals surface area (Å²) < 4.78 is 17.2. The minimum absolute atomic E-state index is 0.0456. The molecule has 0 heterocycles. The molecule has 0 bridgehead atoms. The van der Waals surface area contributed by atoms with Gasteiger partial charge in [0.25, 0.3) is 0 Å². The third-order valence-corrected chi connectivity index (χ3v) is 10.6. The number of quaternary nitrogens is 1.